The molecule has 6 heteroatoms. The molecule has 0 radical (unpaired) electrons. The summed E-state index contributed by atoms with van der Waals surface area (Å²) in [7, 11) is 0. The second-order valence-corrected chi connectivity index (χ2v) is 8.14. The molecule has 5 nitrogen and oxygen atoms in total. The van der Waals surface area contributed by atoms with E-state index in [1.54, 1.807) is 18.2 Å². The van der Waals surface area contributed by atoms with E-state index in [9.17, 15) is 9.18 Å². The molecule has 1 amide bonds. The fraction of sp³-hybridized carbons (Fsp3) is 0.296. The number of halogens is 1. The lowest BCUT2D eigenvalue weighted by Crippen LogP contribution is -2.14. The van der Waals surface area contributed by atoms with Crippen molar-refractivity contribution in [3.05, 3.63) is 83.7 Å². The van der Waals surface area contributed by atoms with Crippen molar-refractivity contribution < 1.29 is 18.7 Å². The lowest BCUT2D eigenvalue weighted by atomic mass is 10.1. The highest BCUT2D eigenvalue weighted by Gasteiger charge is 2.13. The number of ether oxygens (including phenoxy) is 2. The Labute approximate surface area is 194 Å². The largest absolute Gasteiger partial charge is 0.490 e. The van der Waals surface area contributed by atoms with E-state index in [-0.39, 0.29) is 18.3 Å². The smallest absolute Gasteiger partial charge is 0.224 e. The first-order valence-corrected chi connectivity index (χ1v) is 11.2. The molecule has 3 aromatic rings. The molecule has 0 aliphatic rings. The van der Waals surface area contributed by atoms with Gasteiger partial charge in [-0.25, -0.2) is 4.39 Å². The first-order chi connectivity index (χ1) is 16.0. The minimum atomic E-state index is -0.303. The van der Waals surface area contributed by atoms with Crippen LogP contribution in [0.15, 0.2) is 66.7 Å². The second-order valence-electron chi connectivity index (χ2n) is 8.14. The van der Waals surface area contributed by atoms with Crippen LogP contribution in [0, 0.1) is 11.7 Å². The zero-order valence-electron chi connectivity index (χ0n) is 19.4. The summed E-state index contributed by atoms with van der Waals surface area (Å²) in [6, 6.07) is 19.8. The molecule has 0 bridgehead atoms. The number of anilines is 2. The Kier molecular flexibility index (Phi) is 8.70. The van der Waals surface area contributed by atoms with Crippen LogP contribution in [0.1, 0.15) is 38.3 Å². The van der Waals surface area contributed by atoms with E-state index in [0.29, 0.717) is 42.6 Å². The Morgan fingerprint density at radius 3 is 2.42 bits per heavy atom. The van der Waals surface area contributed by atoms with Crippen molar-refractivity contribution in [3.63, 3.8) is 0 Å². The molecule has 2 N–H and O–H groups in total. The molecule has 3 aromatic carbocycles. The zero-order chi connectivity index (χ0) is 23.6. The minimum Gasteiger partial charge on any atom is -0.490 e. The number of rotatable bonds is 11. The molecule has 0 unspecified atom stereocenters. The van der Waals surface area contributed by atoms with Crippen molar-refractivity contribution in [1.29, 1.82) is 0 Å². The molecule has 0 heterocycles. The van der Waals surface area contributed by atoms with Crippen molar-refractivity contribution in [2.24, 2.45) is 5.92 Å². The van der Waals surface area contributed by atoms with E-state index >= 15 is 0 Å². The molecule has 33 heavy (non-hydrogen) atoms. The Morgan fingerprint density at radius 2 is 1.67 bits per heavy atom. The maximum absolute atomic E-state index is 14.1. The molecule has 0 aromatic heterocycles. The van der Waals surface area contributed by atoms with Gasteiger partial charge in [0.15, 0.2) is 11.5 Å². The normalized spacial score (nSPS) is 10.7. The quantitative estimate of drug-likeness (QED) is 0.355. The Bertz CT molecular complexity index is 1070. The molecule has 0 aliphatic carbocycles. The summed E-state index contributed by atoms with van der Waals surface area (Å²) in [4.78, 5) is 12.1. The first kappa shape index (κ1) is 24.1. The van der Waals surface area contributed by atoms with Crippen molar-refractivity contribution in [2.75, 3.05) is 17.2 Å². The maximum atomic E-state index is 14.1. The molecule has 0 spiro atoms. The molecule has 0 fully saturated rings. The summed E-state index contributed by atoms with van der Waals surface area (Å²) in [6.07, 6.45) is 0.477. The van der Waals surface area contributed by atoms with Gasteiger partial charge in [-0.05, 0) is 43.2 Å². The lowest BCUT2D eigenvalue weighted by Gasteiger charge is -2.17. The van der Waals surface area contributed by atoms with Gasteiger partial charge in [0.2, 0.25) is 5.91 Å². The summed E-state index contributed by atoms with van der Waals surface area (Å²) in [5.41, 5.74) is 2.96. The number of carbonyl (C=O) groups excluding carboxylic acids is 1. The van der Waals surface area contributed by atoms with Crippen LogP contribution in [-0.4, -0.2) is 12.5 Å². The highest BCUT2D eigenvalue weighted by molar-refractivity contribution is 5.91. The predicted octanol–water partition coefficient (Wildman–Crippen LogP) is 6.40. The summed E-state index contributed by atoms with van der Waals surface area (Å²) < 4.78 is 25.8. The van der Waals surface area contributed by atoms with Gasteiger partial charge in [-0.1, -0.05) is 50.2 Å². The summed E-state index contributed by atoms with van der Waals surface area (Å²) in [5, 5.41) is 6.31. The Hall–Kier alpha value is -3.54. The summed E-state index contributed by atoms with van der Waals surface area (Å²) in [6.45, 7) is 6.99. The first-order valence-electron chi connectivity index (χ1n) is 11.2. The topological polar surface area (TPSA) is 59.6 Å². The SMILES string of the molecule is CCOc1cccc(CNc2cccc(NC(=O)CC(C)C)c2)c1OCc1ccccc1F. The van der Waals surface area contributed by atoms with E-state index in [4.69, 9.17) is 9.47 Å². The van der Waals surface area contributed by atoms with Gasteiger partial charge < -0.3 is 20.1 Å². The third kappa shape index (κ3) is 7.24. The average Bonchev–Trinajstić information content (AvgIpc) is 2.78. The van der Waals surface area contributed by atoms with Crippen molar-refractivity contribution in [2.45, 2.75) is 40.3 Å². The Balaban J connectivity index is 1.73. The number of hydrogen-bond acceptors (Lipinski definition) is 4. The van der Waals surface area contributed by atoms with E-state index < -0.39 is 0 Å². The number of hydrogen-bond donors (Lipinski definition) is 2. The number of para-hydroxylation sites is 1. The van der Waals surface area contributed by atoms with Crippen LogP contribution in [0.5, 0.6) is 11.5 Å². The molecular formula is C27H31FN2O3. The van der Waals surface area contributed by atoms with Crippen LogP contribution in [0.25, 0.3) is 0 Å². The minimum absolute atomic E-state index is 0.00426. The van der Waals surface area contributed by atoms with Gasteiger partial charge in [0.05, 0.1) is 6.61 Å². The van der Waals surface area contributed by atoms with Crippen LogP contribution in [-0.2, 0) is 17.9 Å². The third-order valence-corrected chi connectivity index (χ3v) is 4.91. The highest BCUT2D eigenvalue weighted by atomic mass is 19.1. The van der Waals surface area contributed by atoms with Crippen LogP contribution >= 0.6 is 0 Å². The van der Waals surface area contributed by atoms with Crippen molar-refractivity contribution in [3.8, 4) is 11.5 Å². The molecule has 0 aliphatic heterocycles. The zero-order valence-corrected chi connectivity index (χ0v) is 19.4. The van der Waals surface area contributed by atoms with Gasteiger partial charge in [0, 0.05) is 35.5 Å². The molecule has 0 saturated heterocycles. The average molecular weight is 451 g/mol. The van der Waals surface area contributed by atoms with Crippen LogP contribution in [0.3, 0.4) is 0 Å². The molecule has 3 rings (SSSR count). The maximum Gasteiger partial charge on any atom is 0.224 e. The van der Waals surface area contributed by atoms with Gasteiger partial charge in [-0.3, -0.25) is 4.79 Å². The summed E-state index contributed by atoms with van der Waals surface area (Å²) in [5.74, 6) is 1.18. The fourth-order valence-electron chi connectivity index (χ4n) is 3.39. The standard InChI is InChI=1S/C27H31FN2O3/c1-4-32-25-14-7-10-20(27(25)33-18-21-9-5-6-13-24(21)28)17-29-22-11-8-12-23(16-22)30-26(31)15-19(2)3/h5-14,16,19,29H,4,15,17-18H2,1-3H3,(H,30,31). The number of benzene rings is 3. The second kappa shape index (κ2) is 11.9. The van der Waals surface area contributed by atoms with Crippen LogP contribution in [0.2, 0.25) is 0 Å². The summed E-state index contributed by atoms with van der Waals surface area (Å²) >= 11 is 0. The van der Waals surface area contributed by atoms with E-state index in [0.717, 1.165) is 16.9 Å². The van der Waals surface area contributed by atoms with Crippen LogP contribution < -0.4 is 20.1 Å². The van der Waals surface area contributed by atoms with E-state index in [2.05, 4.69) is 10.6 Å². The number of amides is 1. The highest BCUT2D eigenvalue weighted by Crippen LogP contribution is 2.33. The van der Waals surface area contributed by atoms with E-state index in [1.807, 2.05) is 63.2 Å². The van der Waals surface area contributed by atoms with Crippen LogP contribution in [0.4, 0.5) is 15.8 Å². The van der Waals surface area contributed by atoms with Crippen molar-refractivity contribution >= 4 is 17.3 Å². The fourth-order valence-corrected chi connectivity index (χ4v) is 3.39. The molecular weight excluding hydrogens is 419 g/mol. The van der Waals surface area contributed by atoms with Gasteiger partial charge in [-0.15, -0.1) is 0 Å². The monoisotopic (exact) mass is 450 g/mol. The van der Waals surface area contributed by atoms with E-state index in [1.165, 1.54) is 6.07 Å². The van der Waals surface area contributed by atoms with Gasteiger partial charge in [-0.2, -0.15) is 0 Å². The predicted molar refractivity (Wildman–Crippen MR) is 130 cm³/mol. The molecule has 174 valence electrons. The number of nitrogens with one attached hydrogen (secondary N) is 2. The van der Waals surface area contributed by atoms with Crippen molar-refractivity contribution in [1.82, 2.24) is 0 Å². The Morgan fingerprint density at radius 1 is 0.939 bits per heavy atom. The number of carbonyl (C=O) groups is 1. The van der Waals surface area contributed by atoms with Gasteiger partial charge in [0.1, 0.15) is 12.4 Å². The molecule has 0 atom stereocenters. The molecule has 0 saturated carbocycles. The third-order valence-electron chi connectivity index (χ3n) is 4.91. The van der Waals surface area contributed by atoms with Gasteiger partial charge in [0.25, 0.3) is 0 Å². The van der Waals surface area contributed by atoms with Gasteiger partial charge >= 0.3 is 0 Å². The lowest BCUT2D eigenvalue weighted by molar-refractivity contribution is -0.116.